The van der Waals surface area contributed by atoms with Gasteiger partial charge in [0.1, 0.15) is 17.5 Å². The molecular formula is C21H16N2O3. The van der Waals surface area contributed by atoms with Crippen molar-refractivity contribution in [3.05, 3.63) is 83.7 Å². The van der Waals surface area contributed by atoms with Gasteiger partial charge in [0.15, 0.2) is 6.10 Å². The Balaban J connectivity index is 2.24. The average Bonchev–Trinajstić information content (AvgIpc) is 2.72. The summed E-state index contributed by atoms with van der Waals surface area (Å²) in [6, 6.07) is 20.5. The number of nitrogens with zero attached hydrogens (tertiary/aromatic N) is 2. The number of aromatic nitrogens is 1. The number of rotatable bonds is 6. The fourth-order valence-electron chi connectivity index (χ4n) is 2.86. The van der Waals surface area contributed by atoms with Gasteiger partial charge in [0.05, 0.1) is 7.11 Å². The summed E-state index contributed by atoms with van der Waals surface area (Å²) in [6.45, 7) is 0.413. The standard InChI is InChI=1S/C21H16N2O3/c1-25-20-10-6-5-9-17(20)19-13-23-16(12-22)11-18(19)21(26-14-24)15-7-3-2-4-8-15/h2-11,13-14,21H,1H3. The SMILES string of the molecule is COc1ccccc1-c1cnc(C#N)cc1C(OC=O)c1ccccc1. The number of hydrogen-bond acceptors (Lipinski definition) is 5. The third-order valence-electron chi connectivity index (χ3n) is 4.02. The topological polar surface area (TPSA) is 72.2 Å². The second-order valence-corrected chi connectivity index (χ2v) is 5.49. The van der Waals surface area contributed by atoms with E-state index in [1.165, 1.54) is 0 Å². The van der Waals surface area contributed by atoms with Crippen molar-refractivity contribution in [1.82, 2.24) is 4.98 Å². The molecule has 0 saturated carbocycles. The molecule has 1 atom stereocenters. The maximum Gasteiger partial charge on any atom is 0.294 e. The van der Waals surface area contributed by atoms with Crippen molar-refractivity contribution in [2.75, 3.05) is 7.11 Å². The number of nitriles is 1. The second kappa shape index (κ2) is 7.95. The molecule has 26 heavy (non-hydrogen) atoms. The Kier molecular flexibility index (Phi) is 5.25. The minimum absolute atomic E-state index is 0.245. The lowest BCUT2D eigenvalue weighted by Crippen LogP contribution is -2.08. The third-order valence-corrected chi connectivity index (χ3v) is 4.02. The molecule has 0 bridgehead atoms. The molecule has 0 fully saturated rings. The van der Waals surface area contributed by atoms with E-state index in [1.54, 1.807) is 19.4 Å². The van der Waals surface area contributed by atoms with Crippen molar-refractivity contribution in [2.45, 2.75) is 6.10 Å². The molecule has 0 aliphatic carbocycles. The molecule has 0 aliphatic rings. The van der Waals surface area contributed by atoms with Crippen LogP contribution in [0.15, 0.2) is 66.9 Å². The Morgan fingerprint density at radius 1 is 1.08 bits per heavy atom. The molecule has 1 heterocycles. The third kappa shape index (κ3) is 3.40. The van der Waals surface area contributed by atoms with Crippen LogP contribution < -0.4 is 4.74 Å². The molecular weight excluding hydrogens is 328 g/mol. The van der Waals surface area contributed by atoms with Crippen LogP contribution >= 0.6 is 0 Å². The normalized spacial score (nSPS) is 11.2. The van der Waals surface area contributed by atoms with Gasteiger partial charge in [-0.1, -0.05) is 48.5 Å². The van der Waals surface area contributed by atoms with E-state index in [-0.39, 0.29) is 5.69 Å². The van der Waals surface area contributed by atoms with E-state index >= 15 is 0 Å². The second-order valence-electron chi connectivity index (χ2n) is 5.49. The monoisotopic (exact) mass is 344 g/mol. The van der Waals surface area contributed by atoms with Gasteiger partial charge >= 0.3 is 0 Å². The van der Waals surface area contributed by atoms with Gasteiger partial charge in [0.25, 0.3) is 6.47 Å². The van der Waals surface area contributed by atoms with Crippen molar-refractivity contribution in [2.24, 2.45) is 0 Å². The summed E-state index contributed by atoms with van der Waals surface area (Å²) in [4.78, 5) is 15.3. The number of para-hydroxylation sites is 1. The molecule has 0 N–H and O–H groups in total. The first-order chi connectivity index (χ1) is 12.8. The summed E-state index contributed by atoms with van der Waals surface area (Å²) < 4.78 is 10.8. The first kappa shape index (κ1) is 17.2. The van der Waals surface area contributed by atoms with E-state index in [0.29, 0.717) is 17.8 Å². The summed E-state index contributed by atoms with van der Waals surface area (Å²) >= 11 is 0. The largest absolute Gasteiger partial charge is 0.496 e. The zero-order valence-electron chi connectivity index (χ0n) is 14.1. The highest BCUT2D eigenvalue weighted by atomic mass is 16.5. The number of hydrogen-bond donors (Lipinski definition) is 0. The van der Waals surface area contributed by atoms with Crippen molar-refractivity contribution in [1.29, 1.82) is 5.26 Å². The number of benzene rings is 2. The molecule has 3 rings (SSSR count). The van der Waals surface area contributed by atoms with Crippen LogP contribution in [0.2, 0.25) is 0 Å². The van der Waals surface area contributed by atoms with Crippen molar-refractivity contribution in [3.8, 4) is 22.9 Å². The van der Waals surface area contributed by atoms with Gasteiger partial charge < -0.3 is 9.47 Å². The van der Waals surface area contributed by atoms with E-state index in [4.69, 9.17) is 9.47 Å². The number of ether oxygens (including phenoxy) is 2. The summed E-state index contributed by atoms with van der Waals surface area (Å²) in [7, 11) is 1.59. The summed E-state index contributed by atoms with van der Waals surface area (Å²) in [5.41, 5.74) is 3.24. The highest BCUT2D eigenvalue weighted by molar-refractivity contribution is 5.74. The minimum atomic E-state index is -0.663. The Hall–Kier alpha value is -3.65. The lowest BCUT2D eigenvalue weighted by Gasteiger charge is -2.20. The van der Waals surface area contributed by atoms with Crippen molar-refractivity contribution >= 4 is 6.47 Å². The van der Waals surface area contributed by atoms with Gasteiger partial charge in [-0.2, -0.15) is 5.26 Å². The van der Waals surface area contributed by atoms with Gasteiger partial charge in [-0.05, 0) is 17.7 Å². The van der Waals surface area contributed by atoms with Gasteiger partial charge in [-0.25, -0.2) is 4.98 Å². The molecule has 5 nitrogen and oxygen atoms in total. The number of carbonyl (C=O) groups excluding carboxylic acids is 1. The molecule has 0 radical (unpaired) electrons. The van der Waals surface area contributed by atoms with Gasteiger partial charge in [0.2, 0.25) is 0 Å². The maximum absolute atomic E-state index is 11.2. The molecule has 0 saturated heterocycles. The van der Waals surface area contributed by atoms with Crippen LogP contribution in [0, 0.1) is 11.3 Å². The van der Waals surface area contributed by atoms with Gasteiger partial charge in [-0.15, -0.1) is 0 Å². The first-order valence-corrected chi connectivity index (χ1v) is 7.96. The quantitative estimate of drug-likeness (QED) is 0.634. The minimum Gasteiger partial charge on any atom is -0.496 e. The predicted octanol–water partition coefficient (Wildman–Crippen LogP) is 3.89. The van der Waals surface area contributed by atoms with Crippen LogP contribution in [-0.4, -0.2) is 18.6 Å². The molecule has 2 aromatic carbocycles. The van der Waals surface area contributed by atoms with Crippen LogP contribution in [0.1, 0.15) is 22.9 Å². The van der Waals surface area contributed by atoms with E-state index in [2.05, 4.69) is 4.98 Å². The number of methoxy groups -OCH3 is 1. The predicted molar refractivity (Wildman–Crippen MR) is 96.4 cm³/mol. The van der Waals surface area contributed by atoms with E-state index < -0.39 is 6.10 Å². The van der Waals surface area contributed by atoms with Gasteiger partial charge in [-0.3, -0.25) is 4.79 Å². The van der Waals surface area contributed by atoms with E-state index in [0.717, 1.165) is 16.7 Å². The average molecular weight is 344 g/mol. The molecule has 0 aliphatic heterocycles. The van der Waals surface area contributed by atoms with Gasteiger partial charge in [0, 0.05) is 22.9 Å². The maximum atomic E-state index is 11.2. The first-order valence-electron chi connectivity index (χ1n) is 7.96. The summed E-state index contributed by atoms with van der Waals surface area (Å²) in [5, 5.41) is 9.26. The molecule has 3 aromatic rings. The Morgan fingerprint density at radius 3 is 2.50 bits per heavy atom. The van der Waals surface area contributed by atoms with Crippen LogP contribution in [0.3, 0.4) is 0 Å². The summed E-state index contributed by atoms with van der Waals surface area (Å²) in [5.74, 6) is 0.665. The Bertz CT molecular complexity index is 949. The molecule has 1 unspecified atom stereocenters. The smallest absolute Gasteiger partial charge is 0.294 e. The highest BCUT2D eigenvalue weighted by Crippen LogP contribution is 2.37. The number of carbonyl (C=O) groups is 1. The lowest BCUT2D eigenvalue weighted by molar-refractivity contribution is -0.132. The fraction of sp³-hybridized carbons (Fsp3) is 0.0952. The molecule has 5 heteroatoms. The van der Waals surface area contributed by atoms with Crippen LogP contribution in [0.4, 0.5) is 0 Å². The molecule has 128 valence electrons. The van der Waals surface area contributed by atoms with Crippen LogP contribution in [0.5, 0.6) is 5.75 Å². The van der Waals surface area contributed by atoms with Crippen molar-refractivity contribution in [3.63, 3.8) is 0 Å². The molecule has 1 aromatic heterocycles. The fourth-order valence-corrected chi connectivity index (χ4v) is 2.86. The zero-order chi connectivity index (χ0) is 18.4. The number of pyridine rings is 1. The highest BCUT2D eigenvalue weighted by Gasteiger charge is 2.22. The van der Waals surface area contributed by atoms with E-state index in [1.807, 2.05) is 60.7 Å². The zero-order valence-corrected chi connectivity index (χ0v) is 14.1. The summed E-state index contributed by atoms with van der Waals surface area (Å²) in [6.07, 6.45) is 0.944. The van der Waals surface area contributed by atoms with Crippen LogP contribution in [0.25, 0.3) is 11.1 Å². The van der Waals surface area contributed by atoms with Crippen LogP contribution in [-0.2, 0) is 9.53 Å². The Labute approximate surface area is 151 Å². The van der Waals surface area contributed by atoms with Crippen molar-refractivity contribution < 1.29 is 14.3 Å². The molecule has 0 spiro atoms. The lowest BCUT2D eigenvalue weighted by atomic mass is 9.93. The van der Waals surface area contributed by atoms with E-state index in [9.17, 15) is 10.1 Å². The molecule has 0 amide bonds. The Morgan fingerprint density at radius 2 is 1.81 bits per heavy atom.